The van der Waals surface area contributed by atoms with Gasteiger partial charge in [-0.1, -0.05) is 19.4 Å². The molecule has 1 saturated carbocycles. The summed E-state index contributed by atoms with van der Waals surface area (Å²) < 4.78 is 0. The summed E-state index contributed by atoms with van der Waals surface area (Å²) in [5.41, 5.74) is 4.41. The lowest BCUT2D eigenvalue weighted by Gasteiger charge is -2.28. The molecule has 23 heavy (non-hydrogen) atoms. The molecule has 1 aliphatic carbocycles. The molecule has 0 saturated heterocycles. The third kappa shape index (κ3) is 3.35. The van der Waals surface area contributed by atoms with Crippen LogP contribution in [0.25, 0.3) is 10.9 Å². The first-order valence-corrected chi connectivity index (χ1v) is 9.07. The highest BCUT2D eigenvalue weighted by atomic mass is 16.1. The Hall–Kier alpha value is -1.61. The van der Waals surface area contributed by atoms with E-state index in [9.17, 15) is 4.79 Å². The van der Waals surface area contributed by atoms with E-state index in [1.54, 1.807) is 0 Å². The molecule has 0 aliphatic heterocycles. The highest BCUT2D eigenvalue weighted by Crippen LogP contribution is 2.16. The third-order valence-corrected chi connectivity index (χ3v) is 5.54. The maximum absolute atomic E-state index is 13.0. The summed E-state index contributed by atoms with van der Waals surface area (Å²) in [6.07, 6.45) is 7.63. The van der Waals surface area contributed by atoms with Crippen molar-refractivity contribution in [2.24, 2.45) is 0 Å². The van der Waals surface area contributed by atoms with E-state index in [2.05, 4.69) is 31.1 Å². The van der Waals surface area contributed by atoms with Crippen LogP contribution in [0.2, 0.25) is 0 Å². The summed E-state index contributed by atoms with van der Waals surface area (Å²) in [7, 11) is 2.25. The van der Waals surface area contributed by atoms with Gasteiger partial charge in [0.25, 0.3) is 0 Å². The Bertz CT molecular complexity index is 741. The minimum absolute atomic E-state index is 0.224. The smallest absolute Gasteiger partial charge is 0.198 e. The van der Waals surface area contributed by atoms with Crippen LogP contribution >= 0.6 is 0 Å². The minimum atomic E-state index is 0.224. The average Bonchev–Trinajstić information content (AvgIpc) is 2.59. The van der Waals surface area contributed by atoms with Crippen molar-refractivity contribution in [1.29, 1.82) is 0 Å². The van der Waals surface area contributed by atoms with Crippen molar-refractivity contribution in [1.82, 2.24) is 4.98 Å². The SMILES string of the molecule is CCc1ccc2[nH]c(C)c(C[NH+](C)C3CCCCC3)c(=O)c2c1. The topological polar surface area (TPSA) is 37.3 Å². The lowest BCUT2D eigenvalue weighted by atomic mass is 9.94. The Morgan fingerprint density at radius 3 is 2.65 bits per heavy atom. The third-order valence-electron chi connectivity index (χ3n) is 5.54. The summed E-state index contributed by atoms with van der Waals surface area (Å²) in [4.78, 5) is 17.9. The van der Waals surface area contributed by atoms with Gasteiger partial charge in [-0.2, -0.15) is 0 Å². The molecule has 0 amide bonds. The van der Waals surface area contributed by atoms with Crippen molar-refractivity contribution >= 4 is 10.9 Å². The number of nitrogens with one attached hydrogen (secondary N) is 2. The molecule has 2 aromatic rings. The molecule has 2 N–H and O–H groups in total. The van der Waals surface area contributed by atoms with Gasteiger partial charge in [-0.15, -0.1) is 0 Å². The Morgan fingerprint density at radius 1 is 1.22 bits per heavy atom. The number of benzene rings is 1. The summed E-state index contributed by atoms with van der Waals surface area (Å²) in [5, 5.41) is 0.849. The first kappa shape index (κ1) is 16.3. The van der Waals surface area contributed by atoms with Crippen LogP contribution < -0.4 is 10.3 Å². The summed E-state index contributed by atoms with van der Waals surface area (Å²) >= 11 is 0. The summed E-state index contributed by atoms with van der Waals surface area (Å²) in [6, 6.07) is 6.92. The van der Waals surface area contributed by atoms with Gasteiger partial charge < -0.3 is 9.88 Å². The van der Waals surface area contributed by atoms with Crippen molar-refractivity contribution in [3.05, 3.63) is 45.2 Å². The lowest BCUT2D eigenvalue weighted by Crippen LogP contribution is -3.12. The van der Waals surface area contributed by atoms with Crippen molar-refractivity contribution in [2.75, 3.05) is 7.05 Å². The molecule has 1 aromatic heterocycles. The van der Waals surface area contributed by atoms with Crippen LogP contribution in [0.5, 0.6) is 0 Å². The zero-order valence-corrected chi connectivity index (χ0v) is 14.7. The highest BCUT2D eigenvalue weighted by molar-refractivity contribution is 5.80. The van der Waals surface area contributed by atoms with Gasteiger partial charge in [0.2, 0.25) is 0 Å². The molecule has 1 aromatic carbocycles. The van der Waals surface area contributed by atoms with Crippen molar-refractivity contribution < 1.29 is 4.90 Å². The van der Waals surface area contributed by atoms with Crippen molar-refractivity contribution in [3.8, 4) is 0 Å². The molecule has 3 heteroatoms. The van der Waals surface area contributed by atoms with Gasteiger partial charge in [0.15, 0.2) is 5.43 Å². The van der Waals surface area contributed by atoms with E-state index in [1.165, 1.54) is 42.6 Å². The van der Waals surface area contributed by atoms with Gasteiger partial charge >= 0.3 is 0 Å². The fraction of sp³-hybridized carbons (Fsp3) is 0.550. The van der Waals surface area contributed by atoms with Gasteiger partial charge in [-0.05, 0) is 56.7 Å². The number of hydrogen-bond acceptors (Lipinski definition) is 1. The second kappa shape index (κ2) is 6.88. The number of aromatic nitrogens is 1. The molecule has 0 spiro atoms. The molecular formula is C20H29N2O+. The fourth-order valence-electron chi connectivity index (χ4n) is 3.95. The Kier molecular flexibility index (Phi) is 4.86. The molecule has 1 atom stereocenters. The first-order chi connectivity index (χ1) is 11.1. The van der Waals surface area contributed by atoms with Gasteiger partial charge in [0.05, 0.1) is 18.7 Å². The number of rotatable bonds is 4. The molecule has 0 radical (unpaired) electrons. The number of H-pyrrole nitrogens is 1. The number of aromatic amines is 1. The highest BCUT2D eigenvalue weighted by Gasteiger charge is 2.23. The van der Waals surface area contributed by atoms with E-state index in [0.717, 1.165) is 35.1 Å². The Labute approximate surface area is 138 Å². The van der Waals surface area contributed by atoms with Crippen molar-refractivity contribution in [3.63, 3.8) is 0 Å². The molecule has 0 bridgehead atoms. The van der Waals surface area contributed by atoms with Crippen molar-refractivity contribution in [2.45, 2.75) is 65.0 Å². The van der Waals surface area contributed by atoms with E-state index < -0.39 is 0 Å². The summed E-state index contributed by atoms with van der Waals surface area (Å²) in [6.45, 7) is 5.00. The predicted octanol–water partition coefficient (Wildman–Crippen LogP) is 2.75. The molecule has 3 rings (SSSR count). The lowest BCUT2D eigenvalue weighted by molar-refractivity contribution is -0.921. The molecular weight excluding hydrogens is 284 g/mol. The number of hydrogen-bond donors (Lipinski definition) is 2. The second-order valence-corrected chi connectivity index (χ2v) is 7.15. The quantitative estimate of drug-likeness (QED) is 0.895. The number of fused-ring (bicyclic) bond motifs is 1. The normalized spacial score (nSPS) is 17.5. The molecule has 1 aliphatic rings. The fourth-order valence-corrected chi connectivity index (χ4v) is 3.95. The van der Waals surface area contributed by atoms with Crippen LogP contribution in [-0.2, 0) is 13.0 Å². The van der Waals surface area contributed by atoms with Crippen LogP contribution in [0, 0.1) is 6.92 Å². The Morgan fingerprint density at radius 2 is 1.96 bits per heavy atom. The Balaban J connectivity index is 1.94. The van der Waals surface area contributed by atoms with Gasteiger partial charge in [-0.25, -0.2) is 0 Å². The van der Waals surface area contributed by atoms with E-state index in [1.807, 2.05) is 13.0 Å². The first-order valence-electron chi connectivity index (χ1n) is 9.07. The van der Waals surface area contributed by atoms with E-state index in [0.29, 0.717) is 6.04 Å². The van der Waals surface area contributed by atoms with Gasteiger partial charge in [0, 0.05) is 16.6 Å². The van der Waals surface area contributed by atoms with Gasteiger partial charge in [0.1, 0.15) is 6.54 Å². The molecule has 1 unspecified atom stereocenters. The number of aryl methyl sites for hydroxylation is 2. The average molecular weight is 313 g/mol. The van der Waals surface area contributed by atoms with E-state index in [4.69, 9.17) is 0 Å². The van der Waals surface area contributed by atoms with E-state index >= 15 is 0 Å². The van der Waals surface area contributed by atoms with Crippen LogP contribution in [0.3, 0.4) is 0 Å². The predicted molar refractivity (Wildman–Crippen MR) is 96.1 cm³/mol. The number of pyridine rings is 1. The maximum Gasteiger partial charge on any atom is 0.198 e. The zero-order chi connectivity index (χ0) is 16.4. The monoisotopic (exact) mass is 313 g/mol. The van der Waals surface area contributed by atoms with Crippen LogP contribution in [-0.4, -0.2) is 18.1 Å². The van der Waals surface area contributed by atoms with Crippen LogP contribution in [0.1, 0.15) is 55.8 Å². The van der Waals surface area contributed by atoms with E-state index in [-0.39, 0.29) is 5.43 Å². The maximum atomic E-state index is 13.0. The largest absolute Gasteiger partial charge is 0.358 e. The number of quaternary nitrogens is 1. The molecule has 1 heterocycles. The molecule has 1 fully saturated rings. The second-order valence-electron chi connectivity index (χ2n) is 7.15. The zero-order valence-electron chi connectivity index (χ0n) is 14.7. The van der Waals surface area contributed by atoms with Crippen LogP contribution in [0.15, 0.2) is 23.0 Å². The summed E-state index contributed by atoms with van der Waals surface area (Å²) in [5.74, 6) is 0. The van der Waals surface area contributed by atoms with Gasteiger partial charge in [-0.3, -0.25) is 4.79 Å². The molecule has 3 nitrogen and oxygen atoms in total. The molecule has 124 valence electrons. The standard InChI is InChI=1S/C20H28N2O/c1-4-15-10-11-19-17(12-15)20(23)18(14(2)21-19)13-22(3)16-8-6-5-7-9-16/h10-12,16H,4-9,13H2,1-3H3,(H,21,23)/p+1. The van der Waals surface area contributed by atoms with Crippen LogP contribution in [0.4, 0.5) is 0 Å². The minimum Gasteiger partial charge on any atom is -0.358 e.